The zero-order valence-electron chi connectivity index (χ0n) is 10.9. The normalized spacial score (nSPS) is 14.9. The number of nitrogens with zero attached hydrogens (tertiary/aromatic N) is 1. The number of carboxylic acid groups (broad SMARTS) is 1. The maximum absolute atomic E-state index is 11.5. The molecular formula is C11H21NO5. The van der Waals surface area contributed by atoms with Gasteiger partial charge in [-0.1, -0.05) is 0 Å². The minimum atomic E-state index is -1.12. The lowest BCUT2D eigenvalue weighted by molar-refractivity contribution is -0.145. The third-order valence-electron chi connectivity index (χ3n) is 2.13. The molecule has 0 radical (unpaired) electrons. The zero-order chi connectivity index (χ0) is 13.8. The van der Waals surface area contributed by atoms with Crippen LogP contribution < -0.4 is 0 Å². The van der Waals surface area contributed by atoms with Gasteiger partial charge in [0.05, 0.1) is 18.6 Å². The fraction of sp³-hybridized carbons (Fsp3) is 0.818. The van der Waals surface area contributed by atoms with E-state index < -0.39 is 29.7 Å². The number of carbonyl (C=O) groups is 2. The number of carbonyl (C=O) groups excluding carboxylic acids is 1. The number of hydrogen-bond acceptors (Lipinski definition) is 4. The summed E-state index contributed by atoms with van der Waals surface area (Å²) in [7, 11) is 1.45. The average molecular weight is 247 g/mol. The van der Waals surface area contributed by atoms with Crippen LogP contribution in [-0.4, -0.2) is 52.5 Å². The Morgan fingerprint density at radius 2 is 1.82 bits per heavy atom. The number of carboxylic acids is 1. The smallest absolute Gasteiger partial charge is 0.410 e. The van der Waals surface area contributed by atoms with Crippen LogP contribution in [0.2, 0.25) is 0 Å². The number of rotatable bonds is 4. The molecule has 0 fully saturated rings. The summed E-state index contributed by atoms with van der Waals surface area (Å²) < 4.78 is 5.07. The minimum absolute atomic E-state index is 0.0810. The third kappa shape index (κ3) is 6.11. The first-order valence-electron chi connectivity index (χ1n) is 5.39. The van der Waals surface area contributed by atoms with Gasteiger partial charge in [-0.2, -0.15) is 0 Å². The van der Waals surface area contributed by atoms with Crippen molar-refractivity contribution in [2.45, 2.75) is 39.4 Å². The van der Waals surface area contributed by atoms with E-state index in [0.717, 1.165) is 4.90 Å². The van der Waals surface area contributed by atoms with E-state index in [1.54, 1.807) is 20.8 Å². The van der Waals surface area contributed by atoms with E-state index in [1.165, 1.54) is 14.0 Å². The van der Waals surface area contributed by atoms with Crippen molar-refractivity contribution in [3.8, 4) is 0 Å². The van der Waals surface area contributed by atoms with Crippen molar-refractivity contribution in [1.82, 2.24) is 4.90 Å². The molecule has 0 saturated heterocycles. The average Bonchev–Trinajstić information content (AvgIpc) is 2.13. The van der Waals surface area contributed by atoms with E-state index in [0.29, 0.717) is 0 Å². The van der Waals surface area contributed by atoms with E-state index in [4.69, 9.17) is 9.84 Å². The predicted molar refractivity (Wildman–Crippen MR) is 61.7 cm³/mol. The molecule has 0 aromatic carbocycles. The molecule has 6 nitrogen and oxygen atoms in total. The molecule has 100 valence electrons. The van der Waals surface area contributed by atoms with Crippen LogP contribution >= 0.6 is 0 Å². The van der Waals surface area contributed by atoms with Gasteiger partial charge >= 0.3 is 12.1 Å². The van der Waals surface area contributed by atoms with Crippen LogP contribution in [0, 0.1) is 5.92 Å². The summed E-state index contributed by atoms with van der Waals surface area (Å²) in [4.78, 5) is 23.3. The van der Waals surface area contributed by atoms with Crippen LogP contribution in [0.3, 0.4) is 0 Å². The Morgan fingerprint density at radius 3 is 2.18 bits per heavy atom. The van der Waals surface area contributed by atoms with Crippen molar-refractivity contribution >= 4 is 12.1 Å². The van der Waals surface area contributed by atoms with Gasteiger partial charge in [0, 0.05) is 7.05 Å². The van der Waals surface area contributed by atoms with Gasteiger partial charge in [-0.05, 0) is 27.7 Å². The number of aliphatic hydroxyl groups excluding tert-OH is 1. The van der Waals surface area contributed by atoms with Crippen LogP contribution in [0.1, 0.15) is 27.7 Å². The molecule has 0 aliphatic rings. The van der Waals surface area contributed by atoms with Crippen molar-refractivity contribution in [1.29, 1.82) is 0 Å². The van der Waals surface area contributed by atoms with Crippen LogP contribution in [0.4, 0.5) is 4.79 Å². The van der Waals surface area contributed by atoms with Crippen LogP contribution in [0.15, 0.2) is 0 Å². The Labute approximate surface area is 101 Å². The van der Waals surface area contributed by atoms with Gasteiger partial charge in [-0.25, -0.2) is 4.79 Å². The van der Waals surface area contributed by atoms with E-state index in [2.05, 4.69) is 0 Å². The molecule has 0 saturated carbocycles. The van der Waals surface area contributed by atoms with Crippen molar-refractivity contribution < 1.29 is 24.5 Å². The Kier molecular flexibility index (Phi) is 5.41. The molecule has 0 bridgehead atoms. The van der Waals surface area contributed by atoms with Crippen LogP contribution in [-0.2, 0) is 9.53 Å². The van der Waals surface area contributed by atoms with Gasteiger partial charge in [0.15, 0.2) is 0 Å². The summed E-state index contributed by atoms with van der Waals surface area (Å²) in [5.74, 6) is -2.03. The van der Waals surface area contributed by atoms with E-state index in [1.807, 2.05) is 0 Å². The van der Waals surface area contributed by atoms with Crippen molar-refractivity contribution in [2.75, 3.05) is 13.6 Å². The van der Waals surface area contributed by atoms with Crippen molar-refractivity contribution in [3.63, 3.8) is 0 Å². The minimum Gasteiger partial charge on any atom is -0.481 e. The topological polar surface area (TPSA) is 87.1 Å². The summed E-state index contributed by atoms with van der Waals surface area (Å²) >= 11 is 0. The van der Waals surface area contributed by atoms with E-state index in [9.17, 15) is 14.7 Å². The molecular weight excluding hydrogens is 226 g/mol. The molecule has 1 amide bonds. The second-order valence-corrected chi connectivity index (χ2v) is 5.06. The Hall–Kier alpha value is -1.30. The highest BCUT2D eigenvalue weighted by atomic mass is 16.6. The highest BCUT2D eigenvalue weighted by Crippen LogP contribution is 2.11. The van der Waals surface area contributed by atoms with Gasteiger partial charge in [0.2, 0.25) is 0 Å². The maximum atomic E-state index is 11.5. The standard InChI is InChI=1S/C11H21NO5/c1-7(9(14)15)8(13)6-12(5)10(16)17-11(2,3)4/h7-8,13H,6H2,1-5H3,(H,14,15)/t7-,8+/m1/s1. The zero-order valence-corrected chi connectivity index (χ0v) is 10.9. The van der Waals surface area contributed by atoms with Crippen molar-refractivity contribution in [2.24, 2.45) is 5.92 Å². The molecule has 2 N–H and O–H groups in total. The van der Waals surface area contributed by atoms with Crippen LogP contribution in [0.25, 0.3) is 0 Å². The molecule has 6 heteroatoms. The lowest BCUT2D eigenvalue weighted by Gasteiger charge is -2.26. The monoisotopic (exact) mass is 247 g/mol. The second-order valence-electron chi connectivity index (χ2n) is 5.06. The molecule has 17 heavy (non-hydrogen) atoms. The number of aliphatic carboxylic acids is 1. The summed E-state index contributed by atoms with van der Waals surface area (Å²) in [5.41, 5.74) is -0.616. The largest absolute Gasteiger partial charge is 0.481 e. The molecule has 0 heterocycles. The summed E-state index contributed by atoms with van der Waals surface area (Å²) in [6, 6.07) is 0. The molecule has 2 atom stereocenters. The molecule has 0 rings (SSSR count). The van der Waals surface area contributed by atoms with Gasteiger partial charge in [-0.15, -0.1) is 0 Å². The number of amides is 1. The molecule has 0 aliphatic carbocycles. The third-order valence-corrected chi connectivity index (χ3v) is 2.13. The van der Waals surface area contributed by atoms with Gasteiger partial charge in [0.25, 0.3) is 0 Å². The van der Waals surface area contributed by atoms with E-state index in [-0.39, 0.29) is 6.54 Å². The highest BCUT2D eigenvalue weighted by molar-refractivity contribution is 5.71. The molecule has 0 unspecified atom stereocenters. The Bertz CT molecular complexity index is 284. The predicted octanol–water partition coefficient (Wildman–Crippen LogP) is 0.935. The van der Waals surface area contributed by atoms with E-state index >= 15 is 0 Å². The first-order valence-corrected chi connectivity index (χ1v) is 5.39. The fourth-order valence-electron chi connectivity index (χ4n) is 1.02. The lowest BCUT2D eigenvalue weighted by Crippen LogP contribution is -2.41. The lowest BCUT2D eigenvalue weighted by atomic mass is 10.1. The molecule has 0 spiro atoms. The van der Waals surface area contributed by atoms with Crippen molar-refractivity contribution in [3.05, 3.63) is 0 Å². The molecule has 0 aromatic heterocycles. The summed E-state index contributed by atoms with van der Waals surface area (Å²) in [5, 5.41) is 18.3. The van der Waals surface area contributed by atoms with Crippen LogP contribution in [0.5, 0.6) is 0 Å². The van der Waals surface area contributed by atoms with Gasteiger partial charge in [0.1, 0.15) is 5.60 Å². The second kappa shape index (κ2) is 5.86. The first kappa shape index (κ1) is 15.7. The summed E-state index contributed by atoms with van der Waals surface area (Å²) in [6.45, 7) is 6.50. The number of ether oxygens (including phenoxy) is 1. The highest BCUT2D eigenvalue weighted by Gasteiger charge is 2.26. The van der Waals surface area contributed by atoms with Gasteiger partial charge in [-0.3, -0.25) is 4.79 Å². The quantitative estimate of drug-likeness (QED) is 0.771. The summed E-state index contributed by atoms with van der Waals surface area (Å²) in [6.07, 6.45) is -1.71. The maximum Gasteiger partial charge on any atom is 0.410 e. The fourth-order valence-corrected chi connectivity index (χ4v) is 1.02. The molecule has 0 aliphatic heterocycles. The first-order chi connectivity index (χ1) is 7.54. The Morgan fingerprint density at radius 1 is 1.35 bits per heavy atom. The number of hydrogen-bond donors (Lipinski definition) is 2. The molecule has 0 aromatic rings. The van der Waals surface area contributed by atoms with Gasteiger partial charge < -0.3 is 19.8 Å². The SMILES string of the molecule is C[C@@H](C(=O)O)[C@@H](O)CN(C)C(=O)OC(C)(C)C. The number of likely N-dealkylation sites (N-methyl/N-ethyl adjacent to an activating group) is 1. The Balaban J connectivity index is 4.30. The number of aliphatic hydroxyl groups is 1.